The molecule has 1 N–H and O–H groups in total. The van der Waals surface area contributed by atoms with Gasteiger partial charge in [-0.1, -0.05) is 25.1 Å². The number of likely N-dealkylation sites (tertiary alicyclic amines) is 1. The van der Waals surface area contributed by atoms with E-state index in [4.69, 9.17) is 4.74 Å². The number of nitrogens with zero attached hydrogens (tertiary/aromatic N) is 1. The van der Waals surface area contributed by atoms with E-state index >= 15 is 0 Å². The van der Waals surface area contributed by atoms with Crippen LogP contribution in [0.4, 0.5) is 0 Å². The van der Waals surface area contributed by atoms with Gasteiger partial charge in [0.25, 0.3) is 0 Å². The molecule has 1 aromatic rings. The Balaban J connectivity index is 2.37. The van der Waals surface area contributed by atoms with Crippen LogP contribution in [-0.4, -0.2) is 37.2 Å². The van der Waals surface area contributed by atoms with Gasteiger partial charge in [0, 0.05) is 11.1 Å². The van der Waals surface area contributed by atoms with Crippen molar-refractivity contribution in [2.24, 2.45) is 0 Å². The highest BCUT2D eigenvalue weighted by Gasteiger charge is 2.40. The van der Waals surface area contributed by atoms with Crippen molar-refractivity contribution in [2.45, 2.75) is 51.6 Å². The minimum absolute atomic E-state index is 0.123. The van der Waals surface area contributed by atoms with Crippen molar-refractivity contribution >= 4 is 0 Å². The van der Waals surface area contributed by atoms with Gasteiger partial charge in [-0.25, -0.2) is 0 Å². The predicted octanol–water partition coefficient (Wildman–Crippen LogP) is 3.61. The summed E-state index contributed by atoms with van der Waals surface area (Å²) in [5.41, 5.74) is 1.40. The zero-order chi connectivity index (χ0) is 15.3. The molecule has 0 spiro atoms. The van der Waals surface area contributed by atoms with Crippen molar-refractivity contribution in [3.05, 3.63) is 29.8 Å². The molecule has 1 aliphatic rings. The van der Waals surface area contributed by atoms with Gasteiger partial charge in [-0.2, -0.15) is 0 Å². The van der Waals surface area contributed by atoms with E-state index in [-0.39, 0.29) is 11.6 Å². The quantitative estimate of drug-likeness (QED) is 0.830. The summed E-state index contributed by atoms with van der Waals surface area (Å²) in [6, 6.07) is 8.74. The summed E-state index contributed by atoms with van der Waals surface area (Å²) >= 11 is 0. The van der Waals surface area contributed by atoms with Gasteiger partial charge in [0.15, 0.2) is 0 Å². The lowest BCUT2D eigenvalue weighted by Gasteiger charge is -2.45. The van der Waals surface area contributed by atoms with Crippen LogP contribution in [0, 0.1) is 0 Å². The summed E-state index contributed by atoms with van der Waals surface area (Å²) in [4.78, 5) is 2.65. The standard InChI is InChI=1S/C18H30N2O/c1-5-18(3,20-13-9-10-14-20)17(19-4)15-11-7-8-12-16(15)21-6-2/h7-8,11-12,17,19H,5-6,9-10,13-14H2,1-4H3. The molecule has 0 bridgehead atoms. The van der Waals surface area contributed by atoms with Crippen LogP contribution in [0.15, 0.2) is 24.3 Å². The molecule has 2 atom stereocenters. The molecule has 0 aromatic heterocycles. The molecular weight excluding hydrogens is 260 g/mol. The van der Waals surface area contributed by atoms with Gasteiger partial charge in [0.2, 0.25) is 0 Å². The molecule has 2 unspecified atom stereocenters. The van der Waals surface area contributed by atoms with Crippen LogP contribution < -0.4 is 10.1 Å². The number of rotatable bonds is 7. The van der Waals surface area contributed by atoms with E-state index in [1.54, 1.807) is 0 Å². The summed E-state index contributed by atoms with van der Waals surface area (Å²) in [5, 5.41) is 3.56. The third-order valence-corrected chi connectivity index (χ3v) is 4.98. The zero-order valence-corrected chi connectivity index (χ0v) is 14.0. The van der Waals surface area contributed by atoms with Gasteiger partial charge in [-0.3, -0.25) is 4.90 Å². The molecule has 1 aromatic carbocycles. The minimum Gasteiger partial charge on any atom is -0.494 e. The van der Waals surface area contributed by atoms with Crippen LogP contribution in [0.1, 0.15) is 51.6 Å². The number of nitrogens with one attached hydrogen (secondary N) is 1. The fourth-order valence-electron chi connectivity index (χ4n) is 3.65. The van der Waals surface area contributed by atoms with Gasteiger partial charge < -0.3 is 10.1 Å². The lowest BCUT2D eigenvalue weighted by molar-refractivity contribution is 0.0859. The van der Waals surface area contributed by atoms with Crippen LogP contribution >= 0.6 is 0 Å². The van der Waals surface area contributed by atoms with Crippen LogP contribution in [0.25, 0.3) is 0 Å². The molecule has 1 saturated heterocycles. The van der Waals surface area contributed by atoms with Gasteiger partial charge in [0.05, 0.1) is 12.6 Å². The van der Waals surface area contributed by atoms with Crippen LogP contribution in [0.2, 0.25) is 0 Å². The maximum atomic E-state index is 5.86. The fraction of sp³-hybridized carbons (Fsp3) is 0.667. The molecule has 1 aliphatic heterocycles. The smallest absolute Gasteiger partial charge is 0.124 e. The number of ether oxygens (including phenoxy) is 1. The maximum absolute atomic E-state index is 5.86. The van der Waals surface area contributed by atoms with E-state index in [0.717, 1.165) is 12.2 Å². The Kier molecular flexibility index (Phi) is 5.65. The van der Waals surface area contributed by atoms with Gasteiger partial charge in [0.1, 0.15) is 5.75 Å². The number of likely N-dealkylation sites (N-methyl/N-ethyl adjacent to an activating group) is 1. The summed E-state index contributed by atoms with van der Waals surface area (Å²) in [6.45, 7) is 9.86. The van der Waals surface area contributed by atoms with E-state index in [1.807, 2.05) is 6.92 Å². The second-order valence-corrected chi connectivity index (χ2v) is 6.10. The monoisotopic (exact) mass is 290 g/mol. The molecule has 3 heteroatoms. The lowest BCUT2D eigenvalue weighted by Crippen LogP contribution is -2.52. The number of benzene rings is 1. The first-order chi connectivity index (χ1) is 10.2. The molecule has 0 radical (unpaired) electrons. The third kappa shape index (κ3) is 3.24. The molecular formula is C18H30N2O. The zero-order valence-electron chi connectivity index (χ0n) is 14.0. The largest absolute Gasteiger partial charge is 0.494 e. The molecule has 3 nitrogen and oxygen atoms in total. The van der Waals surface area contributed by atoms with Crippen LogP contribution in [-0.2, 0) is 0 Å². The molecule has 1 heterocycles. The number of para-hydroxylation sites is 1. The van der Waals surface area contributed by atoms with Gasteiger partial charge in [-0.05, 0) is 59.3 Å². The summed E-state index contributed by atoms with van der Waals surface area (Å²) in [6.07, 6.45) is 3.76. The molecule has 0 saturated carbocycles. The Bertz CT molecular complexity index is 443. The van der Waals surface area contributed by atoms with E-state index in [2.05, 4.69) is 55.4 Å². The first-order valence-corrected chi connectivity index (χ1v) is 8.31. The van der Waals surface area contributed by atoms with Crippen molar-refractivity contribution in [3.8, 4) is 5.75 Å². The minimum atomic E-state index is 0.123. The van der Waals surface area contributed by atoms with Crippen molar-refractivity contribution in [2.75, 3.05) is 26.7 Å². The molecule has 0 amide bonds. The topological polar surface area (TPSA) is 24.5 Å². The summed E-state index contributed by atoms with van der Waals surface area (Å²) in [5.74, 6) is 1.01. The highest BCUT2D eigenvalue weighted by molar-refractivity contribution is 5.38. The van der Waals surface area contributed by atoms with Crippen molar-refractivity contribution in [1.82, 2.24) is 10.2 Å². The first kappa shape index (κ1) is 16.3. The lowest BCUT2D eigenvalue weighted by atomic mass is 9.82. The Hall–Kier alpha value is -1.06. The average Bonchev–Trinajstić information content (AvgIpc) is 3.04. The highest BCUT2D eigenvalue weighted by atomic mass is 16.5. The summed E-state index contributed by atoms with van der Waals surface area (Å²) < 4.78 is 5.86. The molecule has 1 fully saturated rings. The Labute approximate surface area is 129 Å². The maximum Gasteiger partial charge on any atom is 0.124 e. The highest BCUT2D eigenvalue weighted by Crippen LogP contribution is 2.39. The first-order valence-electron chi connectivity index (χ1n) is 8.31. The van der Waals surface area contributed by atoms with Crippen LogP contribution in [0.3, 0.4) is 0 Å². The number of hydrogen-bond donors (Lipinski definition) is 1. The molecule has 21 heavy (non-hydrogen) atoms. The van der Waals surface area contributed by atoms with E-state index < -0.39 is 0 Å². The second-order valence-electron chi connectivity index (χ2n) is 6.10. The second kappa shape index (κ2) is 7.28. The average molecular weight is 290 g/mol. The molecule has 118 valence electrons. The normalized spacial score (nSPS) is 20.2. The number of hydrogen-bond acceptors (Lipinski definition) is 3. The molecule has 2 rings (SSSR count). The summed E-state index contributed by atoms with van der Waals surface area (Å²) in [7, 11) is 2.07. The Morgan fingerprint density at radius 2 is 1.90 bits per heavy atom. The van der Waals surface area contributed by atoms with E-state index in [9.17, 15) is 0 Å². The third-order valence-electron chi connectivity index (χ3n) is 4.98. The SMILES string of the molecule is CCOc1ccccc1C(NC)C(C)(CC)N1CCCC1. The Morgan fingerprint density at radius 3 is 2.48 bits per heavy atom. The van der Waals surface area contributed by atoms with Crippen molar-refractivity contribution < 1.29 is 4.74 Å². The Morgan fingerprint density at radius 1 is 1.24 bits per heavy atom. The van der Waals surface area contributed by atoms with E-state index in [1.165, 1.54) is 31.5 Å². The van der Waals surface area contributed by atoms with Gasteiger partial charge in [-0.15, -0.1) is 0 Å². The predicted molar refractivity (Wildman–Crippen MR) is 88.9 cm³/mol. The van der Waals surface area contributed by atoms with Gasteiger partial charge >= 0.3 is 0 Å². The van der Waals surface area contributed by atoms with Crippen molar-refractivity contribution in [3.63, 3.8) is 0 Å². The molecule has 0 aliphatic carbocycles. The van der Waals surface area contributed by atoms with E-state index in [0.29, 0.717) is 6.61 Å². The fourth-order valence-corrected chi connectivity index (χ4v) is 3.65. The van der Waals surface area contributed by atoms with Crippen molar-refractivity contribution in [1.29, 1.82) is 0 Å². The van der Waals surface area contributed by atoms with Crippen LogP contribution in [0.5, 0.6) is 5.75 Å².